The molecule has 0 bridgehead atoms. The van der Waals surface area contributed by atoms with Crippen molar-refractivity contribution >= 4 is 33.3 Å². The number of pyridine rings is 1. The van der Waals surface area contributed by atoms with E-state index in [0.717, 1.165) is 29.7 Å². The van der Waals surface area contributed by atoms with Gasteiger partial charge in [-0.1, -0.05) is 11.6 Å². The average Bonchev–Trinajstić information content (AvgIpc) is 2.27. The van der Waals surface area contributed by atoms with Crippen molar-refractivity contribution in [2.24, 2.45) is 0 Å². The first-order valence-corrected chi connectivity index (χ1v) is 7.01. The van der Waals surface area contributed by atoms with Crippen LogP contribution in [-0.2, 0) is 0 Å². The molecule has 1 N–H and O–H groups in total. The van der Waals surface area contributed by atoms with Crippen LogP contribution >= 0.6 is 27.5 Å². The summed E-state index contributed by atoms with van der Waals surface area (Å²) in [4.78, 5) is 6.70. The molecule has 2 unspecified atom stereocenters. The monoisotopic (exact) mass is 317 g/mol. The first kappa shape index (κ1) is 13.1. The van der Waals surface area contributed by atoms with E-state index < -0.39 is 0 Å². The summed E-state index contributed by atoms with van der Waals surface area (Å²) >= 11 is 9.36. The number of rotatable bonds is 2. The van der Waals surface area contributed by atoms with Crippen LogP contribution in [0.5, 0.6) is 0 Å². The predicted octanol–water partition coefficient (Wildman–Crippen LogP) is 3.39. The van der Waals surface area contributed by atoms with Gasteiger partial charge in [0.05, 0.1) is 9.50 Å². The third-order valence-electron chi connectivity index (χ3n) is 3.36. The molecule has 1 aliphatic rings. The number of likely N-dealkylation sites (tertiary alicyclic amines) is 1. The second kappa shape index (κ2) is 5.55. The van der Waals surface area contributed by atoms with Gasteiger partial charge in [0, 0.05) is 24.8 Å². The summed E-state index contributed by atoms with van der Waals surface area (Å²) in [6.07, 6.45) is 3.97. The highest BCUT2D eigenvalue weighted by atomic mass is 79.9. The molecule has 0 aromatic carbocycles. The Morgan fingerprint density at radius 2 is 2.35 bits per heavy atom. The van der Waals surface area contributed by atoms with E-state index in [0.29, 0.717) is 17.1 Å². The lowest BCUT2D eigenvalue weighted by Crippen LogP contribution is -2.42. The first-order valence-electron chi connectivity index (χ1n) is 5.84. The van der Waals surface area contributed by atoms with Crippen molar-refractivity contribution in [3.8, 4) is 0 Å². The zero-order chi connectivity index (χ0) is 12.4. The summed E-state index contributed by atoms with van der Waals surface area (Å²) < 4.78 is 0.927. The second-order valence-corrected chi connectivity index (χ2v) is 5.97. The van der Waals surface area contributed by atoms with E-state index in [9.17, 15) is 0 Å². The van der Waals surface area contributed by atoms with Crippen LogP contribution in [0.3, 0.4) is 0 Å². The highest BCUT2D eigenvalue weighted by molar-refractivity contribution is 9.10. The highest BCUT2D eigenvalue weighted by Gasteiger charge is 2.23. The van der Waals surface area contributed by atoms with Gasteiger partial charge < -0.3 is 10.2 Å². The molecule has 2 atom stereocenters. The van der Waals surface area contributed by atoms with Crippen molar-refractivity contribution in [1.29, 1.82) is 0 Å². The summed E-state index contributed by atoms with van der Waals surface area (Å²) in [5, 5.41) is 4.14. The number of halogens is 2. The minimum Gasteiger partial charge on any atom is -0.366 e. The number of nitrogens with zero attached hydrogens (tertiary/aromatic N) is 2. The number of nitrogens with one attached hydrogen (secondary N) is 1. The van der Waals surface area contributed by atoms with Crippen LogP contribution in [0.15, 0.2) is 16.7 Å². The number of hydrogen-bond donors (Lipinski definition) is 1. The normalized spacial score (nSPS) is 25.9. The fraction of sp³-hybridized carbons (Fsp3) is 0.583. The summed E-state index contributed by atoms with van der Waals surface area (Å²) in [5.74, 6) is 0.885. The summed E-state index contributed by atoms with van der Waals surface area (Å²) in [6.45, 7) is 3.39. The minimum atomic E-state index is 0.492. The molecule has 2 heterocycles. The number of aromatic nitrogens is 1. The molecule has 0 spiro atoms. The Balaban J connectivity index is 2.01. The quantitative estimate of drug-likeness (QED) is 0.906. The molecule has 94 valence electrons. The fourth-order valence-corrected chi connectivity index (χ4v) is 2.89. The van der Waals surface area contributed by atoms with Gasteiger partial charge in [-0.3, -0.25) is 0 Å². The van der Waals surface area contributed by atoms with Crippen molar-refractivity contribution in [3.63, 3.8) is 0 Å². The molecular weight excluding hydrogens is 302 g/mol. The Labute approximate surface area is 116 Å². The van der Waals surface area contributed by atoms with Crippen molar-refractivity contribution < 1.29 is 0 Å². The molecular formula is C12H17BrClN3. The molecule has 3 nitrogen and oxygen atoms in total. The van der Waals surface area contributed by atoms with E-state index in [1.807, 2.05) is 6.07 Å². The Morgan fingerprint density at radius 3 is 3.00 bits per heavy atom. The van der Waals surface area contributed by atoms with Crippen LogP contribution in [0.1, 0.15) is 19.8 Å². The molecule has 5 heteroatoms. The fourth-order valence-electron chi connectivity index (χ4n) is 2.13. The smallest absolute Gasteiger partial charge is 0.140 e. The molecule has 0 saturated carbocycles. The van der Waals surface area contributed by atoms with Gasteiger partial charge in [0.15, 0.2) is 0 Å². The maximum atomic E-state index is 5.88. The minimum absolute atomic E-state index is 0.492. The number of anilines is 1. The third-order valence-corrected chi connectivity index (χ3v) is 4.17. The van der Waals surface area contributed by atoms with Gasteiger partial charge in [0.1, 0.15) is 5.82 Å². The zero-order valence-electron chi connectivity index (χ0n) is 10.1. The van der Waals surface area contributed by atoms with Crippen molar-refractivity contribution in [2.45, 2.75) is 31.8 Å². The Kier molecular flexibility index (Phi) is 4.28. The number of piperidine rings is 1. The molecule has 0 radical (unpaired) electrons. The molecule has 1 saturated heterocycles. The maximum Gasteiger partial charge on any atom is 0.140 e. The Bertz CT molecular complexity index is 399. The zero-order valence-corrected chi connectivity index (χ0v) is 12.4. The summed E-state index contributed by atoms with van der Waals surface area (Å²) in [6, 6.07) is 2.98. The molecule has 17 heavy (non-hydrogen) atoms. The van der Waals surface area contributed by atoms with E-state index in [-0.39, 0.29) is 0 Å². The third kappa shape index (κ3) is 3.33. The molecule has 0 aliphatic carbocycles. The Morgan fingerprint density at radius 1 is 1.59 bits per heavy atom. The molecule has 1 aromatic heterocycles. The van der Waals surface area contributed by atoms with E-state index in [1.165, 1.54) is 0 Å². The second-order valence-electron chi connectivity index (χ2n) is 4.68. The van der Waals surface area contributed by atoms with E-state index in [2.05, 4.69) is 45.1 Å². The molecule has 1 aromatic rings. The van der Waals surface area contributed by atoms with Crippen LogP contribution in [0, 0.1) is 0 Å². The lowest BCUT2D eigenvalue weighted by molar-refractivity contribution is 0.190. The van der Waals surface area contributed by atoms with Crippen LogP contribution < -0.4 is 5.32 Å². The van der Waals surface area contributed by atoms with Gasteiger partial charge >= 0.3 is 0 Å². The van der Waals surface area contributed by atoms with Crippen LogP contribution in [-0.4, -0.2) is 35.6 Å². The maximum absolute atomic E-state index is 5.88. The van der Waals surface area contributed by atoms with Crippen LogP contribution in [0.2, 0.25) is 5.02 Å². The highest BCUT2D eigenvalue weighted by Crippen LogP contribution is 2.26. The topological polar surface area (TPSA) is 28.2 Å². The molecule has 1 aliphatic heterocycles. The van der Waals surface area contributed by atoms with E-state index in [1.54, 1.807) is 6.20 Å². The molecule has 2 rings (SSSR count). The van der Waals surface area contributed by atoms with Crippen LogP contribution in [0.25, 0.3) is 0 Å². The molecule has 0 amide bonds. The van der Waals surface area contributed by atoms with E-state index in [4.69, 9.17) is 11.6 Å². The average molecular weight is 319 g/mol. The standard InChI is InChI=1S/C12H17BrClN3/c1-8-5-10(3-4-17(8)2)16-12-11(13)6-9(14)7-15-12/h6-8,10H,3-5H2,1-2H3,(H,15,16). The van der Waals surface area contributed by atoms with Gasteiger partial charge in [0.25, 0.3) is 0 Å². The van der Waals surface area contributed by atoms with Gasteiger partial charge in [-0.15, -0.1) is 0 Å². The summed E-state index contributed by atoms with van der Waals surface area (Å²) in [7, 11) is 2.18. The van der Waals surface area contributed by atoms with Crippen molar-refractivity contribution in [2.75, 3.05) is 18.9 Å². The summed E-state index contributed by atoms with van der Waals surface area (Å²) in [5.41, 5.74) is 0. The van der Waals surface area contributed by atoms with Crippen molar-refractivity contribution in [3.05, 3.63) is 21.8 Å². The van der Waals surface area contributed by atoms with Crippen molar-refractivity contribution in [1.82, 2.24) is 9.88 Å². The van der Waals surface area contributed by atoms with Gasteiger partial charge in [0.2, 0.25) is 0 Å². The largest absolute Gasteiger partial charge is 0.366 e. The van der Waals surface area contributed by atoms with Crippen LogP contribution in [0.4, 0.5) is 5.82 Å². The lowest BCUT2D eigenvalue weighted by atomic mass is 9.99. The lowest BCUT2D eigenvalue weighted by Gasteiger charge is -2.35. The van der Waals surface area contributed by atoms with E-state index >= 15 is 0 Å². The van der Waals surface area contributed by atoms with Gasteiger partial charge in [-0.2, -0.15) is 0 Å². The predicted molar refractivity (Wildman–Crippen MR) is 75.7 cm³/mol. The number of hydrogen-bond acceptors (Lipinski definition) is 3. The first-order chi connectivity index (χ1) is 8.06. The Hall–Kier alpha value is -0.320. The molecule has 1 fully saturated rings. The van der Waals surface area contributed by atoms with Gasteiger partial charge in [-0.25, -0.2) is 4.98 Å². The SMILES string of the molecule is CC1CC(Nc2ncc(Cl)cc2Br)CCN1C. The van der Waals surface area contributed by atoms with Gasteiger partial charge in [-0.05, 0) is 48.8 Å².